The largest absolute Gasteiger partial charge is 0.377 e. The van der Waals surface area contributed by atoms with E-state index in [9.17, 15) is 0 Å². The molecule has 0 amide bonds. The van der Waals surface area contributed by atoms with Crippen molar-refractivity contribution in [3.63, 3.8) is 0 Å². The van der Waals surface area contributed by atoms with Gasteiger partial charge < -0.3 is 5.32 Å². The number of hydrogen-bond donors (Lipinski definition) is 1. The molecule has 5 nitrogen and oxygen atoms in total. The summed E-state index contributed by atoms with van der Waals surface area (Å²) in [6, 6.07) is 8.26. The normalized spacial score (nSPS) is 12.3. The number of hydrogen-bond acceptors (Lipinski definition) is 5. The van der Waals surface area contributed by atoms with Crippen molar-refractivity contribution in [2.75, 3.05) is 5.32 Å². The number of anilines is 1. The van der Waals surface area contributed by atoms with Crippen LogP contribution in [0.4, 0.5) is 5.69 Å². The van der Waals surface area contributed by atoms with E-state index in [1.165, 1.54) is 6.33 Å². The maximum absolute atomic E-state index is 4.30. The molecule has 0 bridgehead atoms. The van der Waals surface area contributed by atoms with Crippen molar-refractivity contribution in [2.24, 2.45) is 0 Å². The molecule has 1 N–H and O–H groups in total. The molecule has 1 aromatic carbocycles. The predicted octanol–water partition coefficient (Wildman–Crippen LogP) is 2.90. The molecule has 1 unspecified atom stereocenters. The van der Waals surface area contributed by atoms with Crippen LogP contribution in [0.3, 0.4) is 0 Å². The Morgan fingerprint density at radius 1 is 1.26 bits per heavy atom. The third-order valence-electron chi connectivity index (χ3n) is 2.83. The van der Waals surface area contributed by atoms with Crippen molar-refractivity contribution in [1.82, 2.24) is 19.7 Å². The van der Waals surface area contributed by atoms with E-state index >= 15 is 0 Å². The van der Waals surface area contributed by atoms with Gasteiger partial charge in [-0.25, -0.2) is 14.6 Å². The number of thiazole rings is 1. The Hall–Kier alpha value is -2.21. The second-order valence-electron chi connectivity index (χ2n) is 4.17. The Morgan fingerprint density at radius 3 is 2.74 bits per heavy atom. The van der Waals surface area contributed by atoms with Crippen LogP contribution in [0, 0.1) is 0 Å². The summed E-state index contributed by atoms with van der Waals surface area (Å²) in [4.78, 5) is 8.24. The first-order valence-corrected chi connectivity index (χ1v) is 6.87. The van der Waals surface area contributed by atoms with Gasteiger partial charge in [0.25, 0.3) is 0 Å². The molecule has 0 fully saturated rings. The minimum Gasteiger partial charge on any atom is -0.377 e. The van der Waals surface area contributed by atoms with Crippen LogP contribution in [0.2, 0.25) is 0 Å². The van der Waals surface area contributed by atoms with Crippen molar-refractivity contribution in [2.45, 2.75) is 13.0 Å². The molecule has 0 aliphatic rings. The number of nitrogens with one attached hydrogen (secondary N) is 1. The monoisotopic (exact) mass is 271 g/mol. The lowest BCUT2D eigenvalue weighted by Crippen LogP contribution is -2.06. The molecule has 3 rings (SSSR count). The van der Waals surface area contributed by atoms with Gasteiger partial charge in [0.15, 0.2) is 0 Å². The van der Waals surface area contributed by atoms with Crippen molar-refractivity contribution in [3.8, 4) is 5.69 Å². The molecular weight excluding hydrogens is 258 g/mol. The number of benzene rings is 1. The van der Waals surface area contributed by atoms with Gasteiger partial charge in [0.1, 0.15) is 12.7 Å². The first kappa shape index (κ1) is 11.9. The van der Waals surface area contributed by atoms with Crippen LogP contribution in [-0.4, -0.2) is 19.7 Å². The fraction of sp³-hybridized carbons (Fsp3) is 0.154. The average molecular weight is 271 g/mol. The molecule has 0 saturated carbocycles. The molecule has 0 saturated heterocycles. The van der Waals surface area contributed by atoms with Gasteiger partial charge in [-0.15, -0.1) is 11.3 Å². The van der Waals surface area contributed by atoms with Crippen molar-refractivity contribution in [1.29, 1.82) is 0 Å². The van der Waals surface area contributed by atoms with Crippen LogP contribution >= 0.6 is 11.3 Å². The van der Waals surface area contributed by atoms with Crippen LogP contribution in [0.5, 0.6) is 0 Å². The smallest absolute Gasteiger partial charge is 0.138 e. The highest BCUT2D eigenvalue weighted by Gasteiger charge is 2.07. The fourth-order valence-electron chi connectivity index (χ4n) is 1.81. The topological polar surface area (TPSA) is 55.6 Å². The van der Waals surface area contributed by atoms with Gasteiger partial charge in [-0.2, -0.15) is 5.10 Å². The molecule has 1 atom stereocenters. The van der Waals surface area contributed by atoms with Crippen LogP contribution in [0.1, 0.15) is 18.7 Å². The van der Waals surface area contributed by atoms with E-state index in [1.54, 1.807) is 22.3 Å². The molecule has 3 aromatic rings. The molecule has 19 heavy (non-hydrogen) atoms. The van der Waals surface area contributed by atoms with Crippen LogP contribution in [-0.2, 0) is 0 Å². The van der Waals surface area contributed by atoms with Crippen molar-refractivity contribution in [3.05, 3.63) is 53.5 Å². The lowest BCUT2D eigenvalue weighted by atomic mass is 10.2. The second kappa shape index (κ2) is 5.19. The highest BCUT2D eigenvalue weighted by molar-refractivity contribution is 7.07. The molecule has 0 aliphatic carbocycles. The zero-order chi connectivity index (χ0) is 13.1. The first-order valence-electron chi connectivity index (χ1n) is 5.92. The van der Waals surface area contributed by atoms with Crippen LogP contribution in [0.25, 0.3) is 5.69 Å². The van der Waals surface area contributed by atoms with Gasteiger partial charge in [-0.05, 0) is 31.2 Å². The molecule has 2 aromatic heterocycles. The summed E-state index contributed by atoms with van der Waals surface area (Å²) < 4.78 is 1.73. The van der Waals surface area contributed by atoms with E-state index in [4.69, 9.17) is 0 Å². The van der Waals surface area contributed by atoms with E-state index in [2.05, 4.69) is 32.7 Å². The van der Waals surface area contributed by atoms with E-state index in [1.807, 2.05) is 29.8 Å². The zero-order valence-corrected chi connectivity index (χ0v) is 11.2. The van der Waals surface area contributed by atoms with E-state index in [0.717, 1.165) is 17.1 Å². The summed E-state index contributed by atoms with van der Waals surface area (Å²) in [5.74, 6) is 0. The third kappa shape index (κ3) is 2.63. The molecule has 6 heteroatoms. The molecule has 0 spiro atoms. The number of nitrogens with zero attached hydrogens (tertiary/aromatic N) is 4. The Morgan fingerprint density at radius 2 is 2.11 bits per heavy atom. The van der Waals surface area contributed by atoms with Crippen LogP contribution in [0.15, 0.2) is 47.8 Å². The summed E-state index contributed by atoms with van der Waals surface area (Å²) in [5, 5.41) is 9.57. The van der Waals surface area contributed by atoms with E-state index in [0.29, 0.717) is 0 Å². The van der Waals surface area contributed by atoms with Gasteiger partial charge in [0.2, 0.25) is 0 Å². The highest BCUT2D eigenvalue weighted by Crippen LogP contribution is 2.20. The summed E-state index contributed by atoms with van der Waals surface area (Å²) in [6.45, 7) is 2.10. The van der Waals surface area contributed by atoms with Gasteiger partial charge in [-0.3, -0.25) is 0 Å². The predicted molar refractivity (Wildman–Crippen MR) is 75.5 cm³/mol. The average Bonchev–Trinajstić information content (AvgIpc) is 3.13. The highest BCUT2D eigenvalue weighted by atomic mass is 32.1. The third-order valence-corrected chi connectivity index (χ3v) is 3.43. The minimum atomic E-state index is 0.198. The minimum absolute atomic E-state index is 0.198. The molecule has 2 heterocycles. The Balaban J connectivity index is 1.73. The summed E-state index contributed by atoms with van der Waals surface area (Å²) in [6.07, 6.45) is 3.21. The van der Waals surface area contributed by atoms with Crippen LogP contribution < -0.4 is 5.32 Å². The number of rotatable bonds is 4. The van der Waals surface area contributed by atoms with E-state index < -0.39 is 0 Å². The van der Waals surface area contributed by atoms with Gasteiger partial charge in [0, 0.05) is 11.1 Å². The zero-order valence-electron chi connectivity index (χ0n) is 10.4. The van der Waals surface area contributed by atoms with Crippen molar-refractivity contribution >= 4 is 17.0 Å². The Kier molecular flexibility index (Phi) is 3.24. The summed E-state index contributed by atoms with van der Waals surface area (Å²) in [5.41, 5.74) is 4.96. The maximum atomic E-state index is 4.30. The Bertz CT molecular complexity index is 616. The quantitative estimate of drug-likeness (QED) is 0.792. The maximum Gasteiger partial charge on any atom is 0.138 e. The lowest BCUT2D eigenvalue weighted by Gasteiger charge is -2.13. The number of aromatic nitrogens is 4. The van der Waals surface area contributed by atoms with E-state index in [-0.39, 0.29) is 6.04 Å². The van der Waals surface area contributed by atoms with Crippen molar-refractivity contribution < 1.29 is 0 Å². The standard InChI is InChI=1S/C13H13N5S/c1-10(13-6-19-9-15-13)17-11-2-4-12(5-3-11)18-8-14-7-16-18/h2-10,17H,1H3. The summed E-state index contributed by atoms with van der Waals surface area (Å²) >= 11 is 1.61. The molecule has 0 aliphatic heterocycles. The van der Waals surface area contributed by atoms with Gasteiger partial charge >= 0.3 is 0 Å². The fourth-order valence-corrected chi connectivity index (χ4v) is 2.46. The first-order chi connectivity index (χ1) is 9.33. The Labute approximate surface area is 115 Å². The lowest BCUT2D eigenvalue weighted by molar-refractivity contribution is 0.848. The van der Waals surface area contributed by atoms with Gasteiger partial charge in [-0.1, -0.05) is 0 Å². The SMILES string of the molecule is CC(Nc1ccc(-n2cncn2)cc1)c1cscn1. The molecular formula is C13H13N5S. The molecule has 0 radical (unpaired) electrons. The second-order valence-corrected chi connectivity index (χ2v) is 4.88. The summed E-state index contributed by atoms with van der Waals surface area (Å²) in [7, 11) is 0. The molecule has 96 valence electrons. The van der Waals surface area contributed by atoms with Gasteiger partial charge in [0.05, 0.1) is 22.9 Å².